The highest BCUT2D eigenvalue weighted by Crippen LogP contribution is 2.24. The van der Waals surface area contributed by atoms with E-state index in [4.69, 9.17) is 11.6 Å². The van der Waals surface area contributed by atoms with E-state index in [1.165, 1.54) is 19.3 Å². The highest BCUT2D eigenvalue weighted by atomic mass is 35.5. The van der Waals surface area contributed by atoms with Crippen molar-refractivity contribution in [3.05, 3.63) is 16.4 Å². The zero-order valence-electron chi connectivity index (χ0n) is 11.0. The lowest BCUT2D eigenvalue weighted by Gasteiger charge is -2.14. The lowest BCUT2D eigenvalue weighted by atomic mass is 10.2. The maximum absolute atomic E-state index is 6.16. The van der Waals surface area contributed by atoms with E-state index in [1.54, 1.807) is 0 Å². The Morgan fingerprint density at radius 2 is 2.18 bits per heavy atom. The predicted molar refractivity (Wildman–Crippen MR) is 71.7 cm³/mol. The molecule has 0 bridgehead atoms. The molecule has 1 fully saturated rings. The molecular formula is C13H22ClN3. The molecule has 1 saturated carbocycles. The van der Waals surface area contributed by atoms with E-state index in [9.17, 15) is 0 Å². The molecule has 3 nitrogen and oxygen atoms in total. The Kier molecular flexibility index (Phi) is 4.10. The minimum Gasteiger partial charge on any atom is -0.314 e. The third-order valence-corrected chi connectivity index (χ3v) is 4.01. The molecule has 1 N–H and O–H groups in total. The fourth-order valence-corrected chi connectivity index (χ4v) is 2.31. The van der Waals surface area contributed by atoms with Crippen LogP contribution in [0.3, 0.4) is 0 Å². The van der Waals surface area contributed by atoms with Crippen LogP contribution in [0.5, 0.6) is 0 Å². The largest absolute Gasteiger partial charge is 0.314 e. The molecule has 2 rings (SSSR count). The Labute approximate surface area is 109 Å². The Bertz CT molecular complexity index is 382. The lowest BCUT2D eigenvalue weighted by molar-refractivity contribution is 0.429. The van der Waals surface area contributed by atoms with Gasteiger partial charge in [0.05, 0.1) is 16.4 Å². The molecule has 1 aromatic heterocycles. The third kappa shape index (κ3) is 3.23. The summed E-state index contributed by atoms with van der Waals surface area (Å²) >= 11 is 6.16. The molecule has 1 atom stereocenters. The van der Waals surface area contributed by atoms with Crippen LogP contribution in [0.1, 0.15) is 50.0 Å². The van der Waals surface area contributed by atoms with Crippen molar-refractivity contribution in [3.63, 3.8) is 0 Å². The number of aryl methyl sites for hydroxylation is 1. The van der Waals surface area contributed by atoms with Crippen molar-refractivity contribution in [1.82, 2.24) is 15.1 Å². The van der Waals surface area contributed by atoms with Crippen LogP contribution in [0.2, 0.25) is 5.02 Å². The second kappa shape index (κ2) is 5.40. The van der Waals surface area contributed by atoms with Gasteiger partial charge < -0.3 is 5.32 Å². The molecule has 0 radical (unpaired) electrons. The number of aromatic nitrogens is 2. The molecule has 4 heteroatoms. The summed E-state index contributed by atoms with van der Waals surface area (Å²) in [5, 5.41) is 8.85. The van der Waals surface area contributed by atoms with Crippen molar-refractivity contribution in [2.75, 3.05) is 6.54 Å². The highest BCUT2D eigenvalue weighted by Gasteiger charge is 2.20. The summed E-state index contributed by atoms with van der Waals surface area (Å²) < 4.78 is 2.06. The zero-order valence-corrected chi connectivity index (χ0v) is 11.7. The van der Waals surface area contributed by atoms with E-state index in [0.29, 0.717) is 6.04 Å². The Hall–Kier alpha value is -0.540. The van der Waals surface area contributed by atoms with Crippen LogP contribution in [0.25, 0.3) is 0 Å². The van der Waals surface area contributed by atoms with Crippen molar-refractivity contribution in [2.45, 2.75) is 58.5 Å². The van der Waals surface area contributed by atoms with E-state index >= 15 is 0 Å². The molecule has 0 aliphatic heterocycles. The van der Waals surface area contributed by atoms with Gasteiger partial charge in [-0.25, -0.2) is 0 Å². The molecule has 96 valence electrons. The first-order valence-corrected chi connectivity index (χ1v) is 6.92. The van der Waals surface area contributed by atoms with Crippen LogP contribution in [0.15, 0.2) is 0 Å². The molecule has 0 amide bonds. The second-order valence-corrected chi connectivity index (χ2v) is 5.53. The summed E-state index contributed by atoms with van der Waals surface area (Å²) in [6, 6.07) is 1.25. The fourth-order valence-electron chi connectivity index (χ4n) is 2.19. The van der Waals surface area contributed by atoms with Gasteiger partial charge in [0.25, 0.3) is 0 Å². The smallest absolute Gasteiger partial charge is 0.0844 e. The van der Waals surface area contributed by atoms with Gasteiger partial charge in [0.1, 0.15) is 0 Å². The van der Waals surface area contributed by atoms with E-state index in [0.717, 1.165) is 35.4 Å². The van der Waals surface area contributed by atoms with Crippen molar-refractivity contribution in [1.29, 1.82) is 0 Å². The van der Waals surface area contributed by atoms with Crippen LogP contribution in [-0.4, -0.2) is 22.4 Å². The van der Waals surface area contributed by atoms with Gasteiger partial charge >= 0.3 is 0 Å². The maximum Gasteiger partial charge on any atom is 0.0844 e. The topological polar surface area (TPSA) is 29.9 Å². The first kappa shape index (κ1) is 12.9. The van der Waals surface area contributed by atoms with Crippen molar-refractivity contribution in [2.24, 2.45) is 0 Å². The molecular weight excluding hydrogens is 234 g/mol. The fraction of sp³-hybridized carbons (Fsp3) is 0.769. The van der Waals surface area contributed by atoms with Gasteiger partial charge in [-0.15, -0.1) is 0 Å². The monoisotopic (exact) mass is 255 g/mol. The van der Waals surface area contributed by atoms with E-state index in [1.807, 2.05) is 13.8 Å². The van der Waals surface area contributed by atoms with Crippen molar-refractivity contribution in [3.8, 4) is 0 Å². The number of nitrogens with zero attached hydrogens (tertiary/aromatic N) is 2. The van der Waals surface area contributed by atoms with Crippen molar-refractivity contribution < 1.29 is 0 Å². The summed E-state index contributed by atoms with van der Waals surface area (Å²) in [6.45, 7) is 7.35. The van der Waals surface area contributed by atoms with Crippen LogP contribution >= 0.6 is 11.6 Å². The lowest BCUT2D eigenvalue weighted by Crippen LogP contribution is -2.19. The number of hydrogen-bond acceptors (Lipinski definition) is 2. The van der Waals surface area contributed by atoms with Crippen LogP contribution < -0.4 is 5.32 Å². The van der Waals surface area contributed by atoms with Gasteiger partial charge in [0.2, 0.25) is 0 Å². The van der Waals surface area contributed by atoms with Crippen LogP contribution in [0, 0.1) is 13.8 Å². The summed E-state index contributed by atoms with van der Waals surface area (Å²) in [6.07, 6.45) is 5.08. The van der Waals surface area contributed by atoms with Crippen LogP contribution in [0.4, 0.5) is 0 Å². The van der Waals surface area contributed by atoms with Gasteiger partial charge in [-0.1, -0.05) is 11.6 Å². The average molecular weight is 256 g/mol. The van der Waals surface area contributed by atoms with Crippen molar-refractivity contribution >= 4 is 11.6 Å². The minimum atomic E-state index is 0.433. The average Bonchev–Trinajstić information content (AvgIpc) is 3.09. The molecule has 1 unspecified atom stereocenters. The van der Waals surface area contributed by atoms with Crippen LogP contribution in [-0.2, 0) is 0 Å². The van der Waals surface area contributed by atoms with Gasteiger partial charge in [-0.3, -0.25) is 4.68 Å². The Morgan fingerprint density at radius 3 is 2.71 bits per heavy atom. The standard InChI is InChI=1S/C13H22ClN3/c1-9(5-4-8-15-12-6-7-12)17-11(3)13(14)10(2)16-17/h9,12,15H,4-8H2,1-3H3. The summed E-state index contributed by atoms with van der Waals surface area (Å²) in [7, 11) is 0. The zero-order chi connectivity index (χ0) is 12.4. The Balaban J connectivity index is 1.81. The summed E-state index contributed by atoms with van der Waals surface area (Å²) in [5.74, 6) is 0. The Morgan fingerprint density at radius 1 is 1.47 bits per heavy atom. The third-order valence-electron chi connectivity index (χ3n) is 3.46. The molecule has 1 heterocycles. The SMILES string of the molecule is Cc1nn(C(C)CCCNC2CC2)c(C)c1Cl. The van der Waals surface area contributed by atoms with E-state index in [-0.39, 0.29) is 0 Å². The molecule has 0 spiro atoms. The first-order valence-electron chi connectivity index (χ1n) is 6.54. The summed E-state index contributed by atoms with van der Waals surface area (Å²) in [4.78, 5) is 0. The summed E-state index contributed by atoms with van der Waals surface area (Å²) in [5.41, 5.74) is 2.03. The van der Waals surface area contributed by atoms with Gasteiger partial charge in [-0.05, 0) is 53.0 Å². The molecule has 0 aromatic carbocycles. The number of hydrogen-bond donors (Lipinski definition) is 1. The number of nitrogens with one attached hydrogen (secondary N) is 1. The van der Waals surface area contributed by atoms with E-state index < -0.39 is 0 Å². The van der Waals surface area contributed by atoms with E-state index in [2.05, 4.69) is 22.0 Å². The van der Waals surface area contributed by atoms with Gasteiger partial charge in [0, 0.05) is 12.1 Å². The highest BCUT2D eigenvalue weighted by molar-refractivity contribution is 6.31. The molecule has 0 saturated heterocycles. The van der Waals surface area contributed by atoms with Gasteiger partial charge in [0.15, 0.2) is 0 Å². The molecule has 17 heavy (non-hydrogen) atoms. The molecule has 1 aliphatic carbocycles. The maximum atomic E-state index is 6.16. The minimum absolute atomic E-state index is 0.433. The molecule has 1 aliphatic rings. The second-order valence-electron chi connectivity index (χ2n) is 5.15. The number of halogens is 1. The quantitative estimate of drug-likeness (QED) is 0.791. The first-order chi connectivity index (χ1) is 8.09. The molecule has 1 aromatic rings. The predicted octanol–water partition coefficient (Wildman–Crippen LogP) is 3.25. The van der Waals surface area contributed by atoms with Gasteiger partial charge in [-0.2, -0.15) is 5.10 Å². The number of rotatable bonds is 6. The normalized spacial score (nSPS) is 17.4.